The minimum absolute atomic E-state index is 0.301. The molecule has 0 aliphatic carbocycles. The quantitative estimate of drug-likeness (QED) is 0.637. The molecule has 1 aromatic heterocycles. The van der Waals surface area contributed by atoms with Crippen LogP contribution in [-0.4, -0.2) is 17.4 Å². The van der Waals surface area contributed by atoms with E-state index < -0.39 is 10.0 Å². The lowest BCUT2D eigenvalue weighted by atomic mass is 10.2. The number of hydrogen-bond acceptors (Lipinski definition) is 3. The first kappa shape index (κ1) is 18.0. The van der Waals surface area contributed by atoms with Crippen LogP contribution in [0.3, 0.4) is 0 Å². The maximum atomic E-state index is 13.4. The van der Waals surface area contributed by atoms with Crippen molar-refractivity contribution in [3.8, 4) is 0 Å². The molecule has 0 unspecified atom stereocenters. The van der Waals surface area contributed by atoms with E-state index in [1.807, 2.05) is 26.0 Å². The van der Waals surface area contributed by atoms with E-state index in [0.717, 1.165) is 24.0 Å². The van der Waals surface area contributed by atoms with Gasteiger partial charge in [-0.3, -0.25) is 0 Å². The molecular weight excluding hydrogens is 356 g/mol. The lowest BCUT2D eigenvalue weighted by Gasteiger charge is -2.13. The zero-order valence-corrected chi connectivity index (χ0v) is 16.2. The highest BCUT2D eigenvalue weighted by Gasteiger charge is 2.25. The molecule has 6 heteroatoms. The van der Waals surface area contributed by atoms with Gasteiger partial charge in [-0.25, -0.2) is 17.4 Å². The number of nitrogens with zero attached hydrogens (tertiary/aromatic N) is 2. The van der Waals surface area contributed by atoms with E-state index in [2.05, 4.69) is 11.9 Å². The molecule has 2 aromatic carbocycles. The Morgan fingerprint density at radius 2 is 1.88 bits per heavy atom. The summed E-state index contributed by atoms with van der Waals surface area (Å²) in [6.45, 7) is 5.84. The SMILES string of the molecule is CCCCc1nc2ccc(Cl)cc2n1S(=O)(=O)c1ccc(C)cc1C. The molecule has 0 bridgehead atoms. The minimum atomic E-state index is -3.75. The molecule has 0 saturated carbocycles. The molecule has 0 aliphatic heterocycles. The molecule has 0 spiro atoms. The molecular formula is C19H21ClN2O2S. The first-order valence-corrected chi connectivity index (χ1v) is 10.2. The summed E-state index contributed by atoms with van der Waals surface area (Å²) in [5.41, 5.74) is 2.92. The number of rotatable bonds is 5. The van der Waals surface area contributed by atoms with Crippen LogP contribution in [0.1, 0.15) is 36.7 Å². The van der Waals surface area contributed by atoms with E-state index in [1.165, 1.54) is 3.97 Å². The zero-order valence-electron chi connectivity index (χ0n) is 14.6. The van der Waals surface area contributed by atoms with Crippen LogP contribution in [0.4, 0.5) is 0 Å². The highest BCUT2D eigenvalue weighted by molar-refractivity contribution is 7.90. The molecule has 0 aliphatic rings. The number of aryl methyl sites for hydroxylation is 3. The van der Waals surface area contributed by atoms with Crippen LogP contribution in [0.25, 0.3) is 11.0 Å². The highest BCUT2D eigenvalue weighted by Crippen LogP contribution is 2.28. The van der Waals surface area contributed by atoms with Crippen molar-refractivity contribution >= 4 is 32.7 Å². The van der Waals surface area contributed by atoms with Crippen molar-refractivity contribution in [2.75, 3.05) is 0 Å². The fourth-order valence-corrected chi connectivity index (χ4v) is 4.91. The lowest BCUT2D eigenvalue weighted by molar-refractivity contribution is 0.584. The summed E-state index contributed by atoms with van der Waals surface area (Å²) in [7, 11) is -3.75. The van der Waals surface area contributed by atoms with Crippen LogP contribution in [0.15, 0.2) is 41.3 Å². The monoisotopic (exact) mass is 376 g/mol. The Balaban J connectivity index is 2.29. The van der Waals surface area contributed by atoms with Gasteiger partial charge in [0.1, 0.15) is 5.82 Å². The predicted octanol–water partition coefficient (Wildman–Crippen LogP) is 4.89. The van der Waals surface area contributed by atoms with Crippen molar-refractivity contribution in [2.24, 2.45) is 0 Å². The summed E-state index contributed by atoms with van der Waals surface area (Å²) < 4.78 is 28.2. The van der Waals surface area contributed by atoms with Crippen LogP contribution < -0.4 is 0 Å². The number of halogens is 1. The van der Waals surface area contributed by atoms with E-state index in [9.17, 15) is 8.42 Å². The smallest absolute Gasteiger partial charge is 0.232 e. The second-order valence-electron chi connectivity index (χ2n) is 6.30. The average Bonchev–Trinajstić information content (AvgIpc) is 2.90. The molecule has 0 saturated heterocycles. The molecule has 0 amide bonds. The number of hydrogen-bond donors (Lipinski definition) is 0. The Labute approximate surface area is 153 Å². The predicted molar refractivity (Wildman–Crippen MR) is 102 cm³/mol. The highest BCUT2D eigenvalue weighted by atomic mass is 35.5. The van der Waals surface area contributed by atoms with Gasteiger partial charge in [0.15, 0.2) is 0 Å². The van der Waals surface area contributed by atoms with Crippen LogP contribution in [0.5, 0.6) is 0 Å². The summed E-state index contributed by atoms with van der Waals surface area (Å²) in [6, 6.07) is 10.5. The van der Waals surface area contributed by atoms with Gasteiger partial charge in [0.05, 0.1) is 15.9 Å². The first-order chi connectivity index (χ1) is 11.8. The molecule has 0 fully saturated rings. The van der Waals surface area contributed by atoms with Gasteiger partial charge in [-0.2, -0.15) is 0 Å². The van der Waals surface area contributed by atoms with Crippen molar-refractivity contribution in [3.63, 3.8) is 0 Å². The molecule has 4 nitrogen and oxygen atoms in total. The van der Waals surface area contributed by atoms with Gasteiger partial charge in [0.25, 0.3) is 10.0 Å². The van der Waals surface area contributed by atoms with Crippen LogP contribution in [0.2, 0.25) is 5.02 Å². The molecule has 1 heterocycles. The van der Waals surface area contributed by atoms with Gasteiger partial charge in [-0.05, 0) is 50.1 Å². The summed E-state index contributed by atoms with van der Waals surface area (Å²) >= 11 is 6.12. The Hall–Kier alpha value is -1.85. The van der Waals surface area contributed by atoms with Gasteiger partial charge >= 0.3 is 0 Å². The molecule has 3 rings (SSSR count). The number of aromatic nitrogens is 2. The second-order valence-corrected chi connectivity index (χ2v) is 8.49. The van der Waals surface area contributed by atoms with Gasteiger partial charge < -0.3 is 0 Å². The van der Waals surface area contributed by atoms with Crippen LogP contribution >= 0.6 is 11.6 Å². The topological polar surface area (TPSA) is 52.0 Å². The minimum Gasteiger partial charge on any atom is -0.232 e. The van der Waals surface area contributed by atoms with Crippen LogP contribution in [0, 0.1) is 13.8 Å². The summed E-state index contributed by atoms with van der Waals surface area (Å²) in [5.74, 6) is 0.555. The van der Waals surface area contributed by atoms with Gasteiger partial charge in [0.2, 0.25) is 0 Å². The van der Waals surface area contributed by atoms with Crippen molar-refractivity contribution in [1.29, 1.82) is 0 Å². The summed E-state index contributed by atoms with van der Waals surface area (Å²) in [6.07, 6.45) is 2.44. The fraction of sp³-hybridized carbons (Fsp3) is 0.316. The summed E-state index contributed by atoms with van der Waals surface area (Å²) in [4.78, 5) is 4.86. The molecule has 25 heavy (non-hydrogen) atoms. The van der Waals surface area contributed by atoms with E-state index in [4.69, 9.17) is 11.6 Å². The summed E-state index contributed by atoms with van der Waals surface area (Å²) in [5, 5.41) is 0.492. The lowest BCUT2D eigenvalue weighted by Crippen LogP contribution is -2.17. The van der Waals surface area contributed by atoms with Gasteiger partial charge in [0, 0.05) is 11.4 Å². The molecule has 3 aromatic rings. The third-order valence-corrected chi connectivity index (χ3v) is 6.38. The third-order valence-electron chi connectivity index (χ3n) is 4.24. The van der Waals surface area contributed by atoms with E-state index >= 15 is 0 Å². The molecule has 132 valence electrons. The maximum absolute atomic E-state index is 13.4. The van der Waals surface area contributed by atoms with E-state index in [1.54, 1.807) is 24.3 Å². The van der Waals surface area contributed by atoms with Crippen molar-refractivity contribution in [2.45, 2.75) is 44.9 Å². The van der Waals surface area contributed by atoms with Crippen molar-refractivity contribution in [3.05, 3.63) is 58.4 Å². The van der Waals surface area contributed by atoms with Crippen LogP contribution in [-0.2, 0) is 16.4 Å². The molecule has 0 radical (unpaired) electrons. The maximum Gasteiger partial charge on any atom is 0.269 e. The number of benzene rings is 2. The largest absolute Gasteiger partial charge is 0.269 e. The van der Waals surface area contributed by atoms with Gasteiger partial charge in [-0.15, -0.1) is 0 Å². The Morgan fingerprint density at radius 1 is 1.12 bits per heavy atom. The first-order valence-electron chi connectivity index (χ1n) is 8.34. The third kappa shape index (κ3) is 3.31. The van der Waals surface area contributed by atoms with Gasteiger partial charge in [-0.1, -0.05) is 42.6 Å². The Kier molecular flexibility index (Phi) is 4.89. The Morgan fingerprint density at radius 3 is 2.56 bits per heavy atom. The Bertz CT molecular complexity index is 1040. The fourth-order valence-electron chi connectivity index (χ4n) is 3.02. The number of imidazole rings is 1. The van der Waals surface area contributed by atoms with Crippen molar-refractivity contribution < 1.29 is 8.42 Å². The molecule has 0 N–H and O–H groups in total. The number of fused-ring (bicyclic) bond motifs is 1. The standard InChI is InChI=1S/C19H21ClN2O2S/c1-4-5-6-19-21-16-9-8-15(20)12-17(16)22(19)25(23,24)18-10-7-13(2)11-14(18)3/h7-12H,4-6H2,1-3H3. The number of unbranched alkanes of at least 4 members (excludes halogenated alkanes) is 1. The van der Waals surface area contributed by atoms with E-state index in [0.29, 0.717) is 33.2 Å². The average molecular weight is 377 g/mol. The normalized spacial score (nSPS) is 12.0. The molecule has 0 atom stereocenters. The zero-order chi connectivity index (χ0) is 18.2. The van der Waals surface area contributed by atoms with E-state index in [-0.39, 0.29) is 0 Å². The second kappa shape index (κ2) is 6.81. The van der Waals surface area contributed by atoms with Crippen molar-refractivity contribution in [1.82, 2.24) is 8.96 Å².